The van der Waals surface area contributed by atoms with E-state index in [4.69, 9.17) is 10.5 Å². The van der Waals surface area contributed by atoms with E-state index < -0.39 is 31.7 Å². The van der Waals surface area contributed by atoms with Crippen molar-refractivity contribution < 1.29 is 27.1 Å². The largest absolute Gasteiger partial charge is 0.495 e. The van der Waals surface area contributed by atoms with Crippen LogP contribution in [-0.4, -0.2) is 44.1 Å². The number of hydrogen-bond acceptors (Lipinski definition) is 5. The average Bonchev–Trinajstić information content (AvgIpc) is 2.74. The van der Waals surface area contributed by atoms with E-state index in [2.05, 4.69) is 0 Å². The number of likely N-dealkylation sites (N-methyl/N-ethyl adjacent to an activating group) is 1. The van der Waals surface area contributed by atoms with E-state index in [0.29, 0.717) is 18.8 Å². The van der Waals surface area contributed by atoms with Crippen LogP contribution in [-0.2, 0) is 19.6 Å². The minimum Gasteiger partial charge on any atom is -0.495 e. The third-order valence-electron chi connectivity index (χ3n) is 8.65. The fourth-order valence-electron chi connectivity index (χ4n) is 6.74. The van der Waals surface area contributed by atoms with Crippen LogP contribution in [0.5, 0.6) is 5.75 Å². The van der Waals surface area contributed by atoms with Gasteiger partial charge >= 0.3 is 0 Å². The second kappa shape index (κ2) is 8.05. The van der Waals surface area contributed by atoms with E-state index in [-0.39, 0.29) is 41.6 Å². The quantitative estimate of drug-likeness (QED) is 0.615. The number of methoxy groups -OCH3 is 1. The molecule has 1 amide bonds. The number of ketones is 1. The number of amides is 1. The van der Waals surface area contributed by atoms with Gasteiger partial charge in [-0.05, 0) is 81.8 Å². The summed E-state index contributed by atoms with van der Waals surface area (Å²) in [5.74, 6) is -0.392. The number of nitrogens with two attached hydrogens (primary N) is 1. The molecule has 4 aliphatic rings. The van der Waals surface area contributed by atoms with Crippen LogP contribution in [0.2, 0.25) is 0 Å². The molecule has 182 valence electrons. The maximum atomic E-state index is 14.5. The minimum atomic E-state index is -4.35. The molecular weight excluding hydrogens is 447 g/mol. The first-order valence-corrected chi connectivity index (χ1v) is 12.9. The molecule has 0 radical (unpaired) electrons. The second-order valence-electron chi connectivity index (χ2n) is 10.7. The number of halogens is 1. The van der Waals surface area contributed by atoms with E-state index in [1.54, 1.807) is 13.8 Å². The third-order valence-corrected chi connectivity index (χ3v) is 10.7. The van der Waals surface area contributed by atoms with E-state index in [9.17, 15) is 22.4 Å². The van der Waals surface area contributed by atoms with Crippen LogP contribution in [0.25, 0.3) is 0 Å². The molecule has 0 aliphatic heterocycles. The van der Waals surface area contributed by atoms with Crippen molar-refractivity contribution in [1.29, 1.82) is 0 Å². The predicted octanol–water partition coefficient (Wildman–Crippen LogP) is 3.12. The van der Waals surface area contributed by atoms with Crippen LogP contribution >= 0.6 is 0 Å². The van der Waals surface area contributed by atoms with Crippen molar-refractivity contribution in [3.8, 4) is 5.75 Å². The Kier molecular flexibility index (Phi) is 5.88. The van der Waals surface area contributed by atoms with Gasteiger partial charge in [0.05, 0.1) is 12.6 Å². The lowest BCUT2D eigenvalue weighted by molar-refractivity contribution is -0.152. The highest BCUT2D eigenvalue weighted by atomic mass is 32.2. The topological polar surface area (TPSA) is 107 Å². The summed E-state index contributed by atoms with van der Waals surface area (Å²) in [5.41, 5.74) is 3.94. The lowest BCUT2D eigenvalue weighted by Gasteiger charge is -2.59. The number of carbonyl (C=O) groups is 2. The lowest BCUT2D eigenvalue weighted by atomic mass is 9.45. The summed E-state index contributed by atoms with van der Waals surface area (Å²) in [7, 11) is -1.77. The number of carbonyl (C=O) groups excluding carboxylic acids is 2. The van der Waals surface area contributed by atoms with Gasteiger partial charge in [0.2, 0.25) is 15.9 Å². The van der Waals surface area contributed by atoms with E-state index in [1.165, 1.54) is 26.3 Å². The number of sulfonamides is 1. The molecule has 4 bridgehead atoms. The van der Waals surface area contributed by atoms with Crippen LogP contribution in [0.1, 0.15) is 52.4 Å². The van der Waals surface area contributed by atoms with Gasteiger partial charge in [-0.2, -0.15) is 4.31 Å². The van der Waals surface area contributed by atoms with Gasteiger partial charge in [0.25, 0.3) is 0 Å². The Labute approximate surface area is 194 Å². The zero-order chi connectivity index (χ0) is 24.3. The van der Waals surface area contributed by atoms with Crippen molar-refractivity contribution in [2.24, 2.45) is 34.8 Å². The van der Waals surface area contributed by atoms with Gasteiger partial charge in [-0.3, -0.25) is 9.59 Å². The van der Waals surface area contributed by atoms with Gasteiger partial charge in [-0.1, -0.05) is 6.07 Å². The van der Waals surface area contributed by atoms with Crippen molar-refractivity contribution >= 4 is 21.7 Å². The standard InChI is InChI=1S/C24H33FN2O5S/c1-23(2,27(3)33(30,31)21-18(25)6-5-7-19(21)32-4)20(28)10-17-15-8-14-9-16(17)13-24(11-14,12-15)22(26)29/h5-7,14-17H,8-13H2,1-4H3,(H2,26,29). The molecule has 1 aromatic rings. The Morgan fingerprint density at radius 2 is 1.82 bits per heavy atom. The van der Waals surface area contributed by atoms with Gasteiger partial charge in [0.1, 0.15) is 11.6 Å². The first-order valence-electron chi connectivity index (χ1n) is 11.5. The van der Waals surface area contributed by atoms with Gasteiger partial charge < -0.3 is 10.5 Å². The molecule has 33 heavy (non-hydrogen) atoms. The maximum absolute atomic E-state index is 14.5. The summed E-state index contributed by atoms with van der Waals surface area (Å²) in [6.45, 7) is 3.11. The summed E-state index contributed by atoms with van der Waals surface area (Å²) in [6, 6.07) is 3.80. The van der Waals surface area contributed by atoms with Crippen LogP contribution in [0.3, 0.4) is 0 Å². The molecule has 0 saturated heterocycles. The van der Waals surface area contributed by atoms with Gasteiger partial charge in [0, 0.05) is 18.9 Å². The van der Waals surface area contributed by atoms with Crippen LogP contribution in [0.15, 0.2) is 23.1 Å². The van der Waals surface area contributed by atoms with E-state index >= 15 is 0 Å². The molecule has 2 N–H and O–H groups in total. The number of ether oxygens (including phenoxy) is 1. The number of hydrogen-bond donors (Lipinski definition) is 1. The third kappa shape index (κ3) is 3.77. The molecular formula is C24H33FN2O5S. The SMILES string of the molecule is COc1cccc(F)c1S(=O)(=O)N(C)C(C)(C)C(=O)CC1C2CC3CC1CC(C(N)=O)(C3)C2. The zero-order valence-electron chi connectivity index (χ0n) is 19.6. The van der Waals surface area contributed by atoms with Gasteiger partial charge in [-0.15, -0.1) is 0 Å². The fraction of sp³-hybridized carbons (Fsp3) is 0.667. The van der Waals surface area contributed by atoms with Crippen molar-refractivity contribution in [3.63, 3.8) is 0 Å². The number of Topliss-reactive ketones (excluding diaryl/α,β-unsaturated/α-hetero) is 1. The predicted molar refractivity (Wildman–Crippen MR) is 120 cm³/mol. The van der Waals surface area contributed by atoms with Gasteiger partial charge in [0.15, 0.2) is 10.7 Å². The number of benzene rings is 1. The van der Waals surface area contributed by atoms with Crippen LogP contribution < -0.4 is 10.5 Å². The molecule has 0 aromatic heterocycles. The lowest BCUT2D eigenvalue weighted by Crippen LogP contribution is -2.57. The summed E-state index contributed by atoms with van der Waals surface area (Å²) in [4.78, 5) is 25.1. The highest BCUT2D eigenvalue weighted by molar-refractivity contribution is 7.89. The first-order chi connectivity index (χ1) is 15.3. The summed E-state index contributed by atoms with van der Waals surface area (Å²) < 4.78 is 47.3. The molecule has 4 aliphatic carbocycles. The normalized spacial score (nSPS) is 31.1. The molecule has 5 rings (SSSR count). The molecule has 7 nitrogen and oxygen atoms in total. The summed E-state index contributed by atoms with van der Waals surface area (Å²) in [5, 5.41) is 0. The number of primary amides is 1. The summed E-state index contributed by atoms with van der Waals surface area (Å²) >= 11 is 0. The van der Waals surface area contributed by atoms with E-state index in [0.717, 1.165) is 29.6 Å². The first kappa shape index (κ1) is 24.1. The second-order valence-corrected chi connectivity index (χ2v) is 12.6. The Hall–Kier alpha value is -2.00. The molecule has 1 aromatic carbocycles. The van der Waals surface area contributed by atoms with Gasteiger partial charge in [-0.25, -0.2) is 12.8 Å². The Morgan fingerprint density at radius 1 is 1.21 bits per heavy atom. The molecule has 2 unspecified atom stereocenters. The number of nitrogens with zero attached hydrogens (tertiary/aromatic N) is 1. The van der Waals surface area contributed by atoms with Crippen LogP contribution in [0.4, 0.5) is 4.39 Å². The Balaban J connectivity index is 1.56. The van der Waals surface area contributed by atoms with Crippen molar-refractivity contribution in [3.05, 3.63) is 24.0 Å². The monoisotopic (exact) mass is 480 g/mol. The molecule has 4 saturated carbocycles. The Bertz CT molecular complexity index is 1070. The maximum Gasteiger partial charge on any atom is 0.250 e. The summed E-state index contributed by atoms with van der Waals surface area (Å²) in [6.07, 6.45) is 4.50. The smallest absolute Gasteiger partial charge is 0.250 e. The van der Waals surface area contributed by atoms with E-state index in [1.807, 2.05) is 0 Å². The zero-order valence-corrected chi connectivity index (χ0v) is 20.5. The Morgan fingerprint density at radius 3 is 2.36 bits per heavy atom. The van der Waals surface area contributed by atoms with Crippen molar-refractivity contribution in [2.75, 3.05) is 14.2 Å². The molecule has 0 heterocycles. The molecule has 9 heteroatoms. The highest BCUT2D eigenvalue weighted by Crippen LogP contribution is 2.63. The minimum absolute atomic E-state index is 0.108. The van der Waals surface area contributed by atoms with Crippen LogP contribution in [0, 0.1) is 34.9 Å². The fourth-order valence-corrected chi connectivity index (χ4v) is 8.44. The molecule has 0 spiro atoms. The highest BCUT2D eigenvalue weighted by Gasteiger charge is 2.58. The number of rotatable bonds is 8. The average molecular weight is 481 g/mol. The van der Waals surface area contributed by atoms with Crippen molar-refractivity contribution in [2.45, 2.75) is 62.8 Å². The van der Waals surface area contributed by atoms with Crippen molar-refractivity contribution in [1.82, 2.24) is 4.31 Å². The molecule has 2 atom stereocenters. The molecule has 4 fully saturated rings.